The number of thiophene rings is 1. The fraction of sp³-hybridized carbons (Fsp3) is 0.778. The average molecular weight is 361 g/mol. The van der Waals surface area contributed by atoms with Gasteiger partial charge in [0.15, 0.2) is 0 Å². The molecule has 0 unspecified atom stereocenters. The van der Waals surface area contributed by atoms with Crippen LogP contribution in [0, 0.1) is 13.8 Å². The maximum Gasteiger partial charge on any atom is 0.267 e. The van der Waals surface area contributed by atoms with Crippen LogP contribution in [0.15, 0.2) is 6.07 Å². The van der Waals surface area contributed by atoms with Gasteiger partial charge in [0, 0.05) is 9.75 Å². The van der Waals surface area contributed by atoms with Crippen LogP contribution in [0.25, 0.3) is 0 Å². The van der Waals surface area contributed by atoms with Crippen LogP contribution in [-0.2, 0) is 20.7 Å². The maximum atomic E-state index is 11.9. The Morgan fingerprint density at radius 1 is 1.00 bits per heavy atom. The van der Waals surface area contributed by atoms with Crippen LogP contribution in [-0.4, -0.2) is 20.8 Å². The first-order chi connectivity index (χ1) is 10.9. The molecule has 0 atom stereocenters. The summed E-state index contributed by atoms with van der Waals surface area (Å²) < 4.78 is 28.9. The van der Waals surface area contributed by atoms with Gasteiger partial charge in [-0.15, -0.1) is 11.3 Å². The summed E-state index contributed by atoms with van der Waals surface area (Å²) in [5.74, 6) is 0.0844. The van der Waals surface area contributed by atoms with E-state index in [9.17, 15) is 8.42 Å². The Hall–Kier alpha value is -0.390. The van der Waals surface area contributed by atoms with Crippen molar-refractivity contribution in [2.24, 2.45) is 0 Å². The smallest absolute Gasteiger partial charge is 0.267 e. The van der Waals surface area contributed by atoms with Crippen LogP contribution in [0.1, 0.15) is 73.6 Å². The second-order valence-corrected chi connectivity index (χ2v) is 9.47. The van der Waals surface area contributed by atoms with E-state index in [0.717, 1.165) is 18.4 Å². The van der Waals surface area contributed by atoms with Crippen molar-refractivity contribution in [3.63, 3.8) is 0 Å². The van der Waals surface area contributed by atoms with E-state index < -0.39 is 10.1 Å². The lowest BCUT2D eigenvalue weighted by Crippen LogP contribution is -2.13. The van der Waals surface area contributed by atoms with Gasteiger partial charge in [-0.1, -0.05) is 51.9 Å². The number of aryl methyl sites for hydroxylation is 3. The van der Waals surface area contributed by atoms with Crippen molar-refractivity contribution in [2.75, 3.05) is 12.4 Å². The topological polar surface area (TPSA) is 43.4 Å². The molecule has 1 rings (SSSR count). The molecule has 1 aromatic rings. The third-order valence-corrected chi connectivity index (χ3v) is 6.26. The molecule has 0 spiro atoms. The van der Waals surface area contributed by atoms with E-state index in [2.05, 4.69) is 19.9 Å². The summed E-state index contributed by atoms with van der Waals surface area (Å²) in [7, 11) is -3.39. The Balaban J connectivity index is 2.10. The molecule has 0 aliphatic heterocycles. The van der Waals surface area contributed by atoms with Gasteiger partial charge in [0.25, 0.3) is 10.1 Å². The third-order valence-electron chi connectivity index (χ3n) is 4.03. The summed E-state index contributed by atoms with van der Waals surface area (Å²) in [6.07, 6.45) is 10.1. The third kappa shape index (κ3) is 9.48. The van der Waals surface area contributed by atoms with Crippen molar-refractivity contribution >= 4 is 21.5 Å². The second-order valence-electron chi connectivity index (χ2n) is 6.25. The van der Waals surface area contributed by atoms with Crippen molar-refractivity contribution in [3.8, 4) is 0 Å². The van der Waals surface area contributed by atoms with Crippen LogP contribution >= 0.6 is 11.3 Å². The zero-order valence-corrected chi connectivity index (χ0v) is 16.5. The first-order valence-corrected chi connectivity index (χ1v) is 11.3. The summed E-state index contributed by atoms with van der Waals surface area (Å²) in [6, 6.07) is 2.08. The van der Waals surface area contributed by atoms with E-state index >= 15 is 0 Å². The first kappa shape index (κ1) is 20.7. The van der Waals surface area contributed by atoms with Crippen LogP contribution in [0.4, 0.5) is 0 Å². The molecule has 0 radical (unpaired) electrons. The molecule has 0 bridgehead atoms. The molecule has 0 saturated heterocycles. The molecule has 0 aromatic carbocycles. The van der Waals surface area contributed by atoms with Crippen LogP contribution in [0.2, 0.25) is 0 Å². The van der Waals surface area contributed by atoms with Crippen LogP contribution < -0.4 is 0 Å². The quantitative estimate of drug-likeness (QED) is 0.350. The van der Waals surface area contributed by atoms with E-state index in [4.69, 9.17) is 4.18 Å². The Bertz CT molecular complexity index is 532. The molecular weight excluding hydrogens is 328 g/mol. The van der Waals surface area contributed by atoms with E-state index in [1.54, 1.807) is 11.3 Å². The monoisotopic (exact) mass is 360 g/mol. The Morgan fingerprint density at radius 3 is 2.17 bits per heavy atom. The van der Waals surface area contributed by atoms with Gasteiger partial charge in [0.05, 0.1) is 12.4 Å². The fourth-order valence-electron chi connectivity index (χ4n) is 2.65. The van der Waals surface area contributed by atoms with Crippen LogP contribution in [0.5, 0.6) is 0 Å². The molecule has 0 fully saturated rings. The lowest BCUT2D eigenvalue weighted by atomic mass is 10.1. The van der Waals surface area contributed by atoms with Crippen molar-refractivity contribution in [1.82, 2.24) is 0 Å². The fourth-order valence-corrected chi connectivity index (χ4v) is 4.58. The van der Waals surface area contributed by atoms with Gasteiger partial charge in [0.2, 0.25) is 0 Å². The highest BCUT2D eigenvalue weighted by molar-refractivity contribution is 7.86. The number of rotatable bonds is 13. The van der Waals surface area contributed by atoms with Gasteiger partial charge < -0.3 is 0 Å². The molecule has 0 N–H and O–H groups in total. The molecule has 0 aliphatic rings. The molecule has 3 nitrogen and oxygen atoms in total. The molecule has 5 heteroatoms. The second kappa shape index (κ2) is 11.2. The molecule has 1 heterocycles. The van der Waals surface area contributed by atoms with Gasteiger partial charge in [-0.25, -0.2) is 0 Å². The predicted octanol–water partition coefficient (Wildman–Crippen LogP) is 5.39. The van der Waals surface area contributed by atoms with E-state index in [1.807, 2.05) is 6.92 Å². The SMILES string of the molecule is CCCCCCCCCCOS(=O)(=O)CCc1cc(C)sc1C. The Morgan fingerprint density at radius 2 is 1.61 bits per heavy atom. The highest BCUT2D eigenvalue weighted by Crippen LogP contribution is 2.21. The number of hydrogen-bond acceptors (Lipinski definition) is 4. The Kier molecular flexibility index (Phi) is 10.1. The molecule has 0 saturated carbocycles. The number of unbranched alkanes of at least 4 members (excludes halogenated alkanes) is 7. The summed E-state index contributed by atoms with van der Waals surface area (Å²) >= 11 is 1.72. The standard InChI is InChI=1S/C18H32O3S2/c1-4-5-6-7-8-9-10-11-13-21-23(19,20)14-12-18-15-16(2)22-17(18)3/h15H,4-14H2,1-3H3. The summed E-state index contributed by atoms with van der Waals surface area (Å²) in [5, 5.41) is 0. The van der Waals surface area contributed by atoms with E-state index in [-0.39, 0.29) is 5.75 Å². The molecular formula is C18H32O3S2. The Labute approximate surface area is 146 Å². The normalized spacial score (nSPS) is 12.0. The van der Waals surface area contributed by atoms with Gasteiger partial charge in [-0.05, 0) is 38.3 Å². The minimum Gasteiger partial charge on any atom is -0.270 e. The molecule has 134 valence electrons. The zero-order valence-electron chi connectivity index (χ0n) is 14.9. The summed E-state index contributed by atoms with van der Waals surface area (Å²) in [4.78, 5) is 2.44. The summed E-state index contributed by atoms with van der Waals surface area (Å²) in [6.45, 7) is 6.65. The number of hydrogen-bond donors (Lipinski definition) is 0. The summed E-state index contributed by atoms with van der Waals surface area (Å²) in [5.41, 5.74) is 1.13. The van der Waals surface area contributed by atoms with Crippen molar-refractivity contribution in [1.29, 1.82) is 0 Å². The van der Waals surface area contributed by atoms with Gasteiger partial charge >= 0.3 is 0 Å². The lowest BCUT2D eigenvalue weighted by Gasteiger charge is -2.06. The van der Waals surface area contributed by atoms with Gasteiger partial charge in [0.1, 0.15) is 0 Å². The average Bonchev–Trinajstić information content (AvgIpc) is 2.81. The maximum absolute atomic E-state index is 11.9. The molecule has 0 amide bonds. The molecule has 23 heavy (non-hydrogen) atoms. The minimum absolute atomic E-state index is 0.0844. The van der Waals surface area contributed by atoms with Crippen LogP contribution in [0.3, 0.4) is 0 Å². The minimum atomic E-state index is -3.39. The molecule has 0 aliphatic carbocycles. The largest absolute Gasteiger partial charge is 0.270 e. The zero-order chi connectivity index (χ0) is 17.1. The van der Waals surface area contributed by atoms with E-state index in [1.165, 1.54) is 48.3 Å². The van der Waals surface area contributed by atoms with E-state index in [0.29, 0.717) is 13.0 Å². The van der Waals surface area contributed by atoms with Gasteiger partial charge in [-0.2, -0.15) is 8.42 Å². The highest BCUT2D eigenvalue weighted by Gasteiger charge is 2.13. The first-order valence-electron chi connectivity index (χ1n) is 8.87. The van der Waals surface area contributed by atoms with Gasteiger partial charge in [-0.3, -0.25) is 4.18 Å². The molecule has 1 aromatic heterocycles. The lowest BCUT2D eigenvalue weighted by molar-refractivity contribution is 0.306. The highest BCUT2D eigenvalue weighted by atomic mass is 32.2. The van der Waals surface area contributed by atoms with Crippen molar-refractivity contribution < 1.29 is 12.6 Å². The van der Waals surface area contributed by atoms with Crippen molar-refractivity contribution in [3.05, 3.63) is 21.4 Å². The van der Waals surface area contributed by atoms with Crippen molar-refractivity contribution in [2.45, 2.75) is 78.6 Å². The predicted molar refractivity (Wildman–Crippen MR) is 99.8 cm³/mol.